The van der Waals surface area contributed by atoms with Crippen molar-refractivity contribution in [1.29, 1.82) is 0 Å². The van der Waals surface area contributed by atoms with Gasteiger partial charge in [0.25, 0.3) is 0 Å². The van der Waals surface area contributed by atoms with E-state index in [2.05, 4.69) is 10.4 Å². The van der Waals surface area contributed by atoms with E-state index in [1.54, 1.807) is 27.0 Å². The predicted octanol–water partition coefficient (Wildman–Crippen LogP) is 6.34. The molecule has 1 saturated heterocycles. The predicted molar refractivity (Wildman–Crippen MR) is 122 cm³/mol. The Labute approximate surface area is 190 Å². The molecule has 33 heavy (non-hydrogen) atoms. The van der Waals surface area contributed by atoms with Gasteiger partial charge < -0.3 is 15.0 Å². The van der Waals surface area contributed by atoms with Crippen LogP contribution in [0.2, 0.25) is 0 Å². The Morgan fingerprint density at radius 1 is 1.03 bits per heavy atom. The van der Waals surface area contributed by atoms with Gasteiger partial charge in [-0.1, -0.05) is 0 Å². The van der Waals surface area contributed by atoms with Crippen LogP contribution in [0.3, 0.4) is 0 Å². The zero-order chi connectivity index (χ0) is 23.8. The molecule has 1 N–H and O–H groups in total. The number of nitrogens with zero attached hydrogens (tertiary/aromatic N) is 3. The first kappa shape index (κ1) is 22.9. The maximum absolute atomic E-state index is 12.9. The van der Waals surface area contributed by atoms with Crippen LogP contribution in [0.5, 0.6) is 0 Å². The second-order valence-corrected chi connectivity index (χ2v) is 9.29. The number of ether oxygens (including phenoxy) is 1. The highest BCUT2D eigenvalue weighted by Crippen LogP contribution is 2.35. The van der Waals surface area contributed by atoms with Crippen molar-refractivity contribution in [3.05, 3.63) is 48.7 Å². The number of aromatic nitrogens is 2. The van der Waals surface area contributed by atoms with Crippen LogP contribution in [0.1, 0.15) is 33.6 Å². The molecule has 2 aromatic carbocycles. The fourth-order valence-electron chi connectivity index (χ4n) is 3.93. The van der Waals surface area contributed by atoms with Crippen molar-refractivity contribution >= 4 is 34.1 Å². The summed E-state index contributed by atoms with van der Waals surface area (Å²) in [7, 11) is 0. The van der Waals surface area contributed by atoms with Crippen molar-refractivity contribution in [1.82, 2.24) is 9.78 Å². The molecular weight excluding hydrogens is 433 g/mol. The summed E-state index contributed by atoms with van der Waals surface area (Å²) in [6.07, 6.45) is -2.81. The van der Waals surface area contributed by atoms with E-state index >= 15 is 0 Å². The van der Waals surface area contributed by atoms with Gasteiger partial charge in [-0.2, -0.15) is 23.0 Å². The monoisotopic (exact) mass is 460 g/mol. The Bertz CT molecular complexity index is 1130. The van der Waals surface area contributed by atoms with Crippen molar-refractivity contribution in [3.63, 3.8) is 0 Å². The van der Waals surface area contributed by atoms with Gasteiger partial charge in [-0.05, 0) is 76.1 Å². The lowest BCUT2D eigenvalue weighted by Crippen LogP contribution is -2.38. The van der Waals surface area contributed by atoms with E-state index in [0.29, 0.717) is 18.6 Å². The minimum Gasteiger partial charge on any atom is -0.442 e. The Kier molecular flexibility index (Phi) is 5.99. The number of halogens is 3. The normalized spacial score (nSPS) is 15.6. The molecule has 1 aliphatic rings. The number of rotatable bonds is 3. The molecule has 9 heteroatoms. The summed E-state index contributed by atoms with van der Waals surface area (Å²) < 4.78 is 45.3. The summed E-state index contributed by atoms with van der Waals surface area (Å²) >= 11 is 0. The molecule has 0 unspecified atom stereocenters. The van der Waals surface area contributed by atoms with Gasteiger partial charge in [0.1, 0.15) is 5.60 Å². The lowest BCUT2D eigenvalue weighted by molar-refractivity contribution is -0.179. The molecule has 176 valence electrons. The van der Waals surface area contributed by atoms with E-state index < -0.39 is 23.8 Å². The lowest BCUT2D eigenvalue weighted by atomic mass is 9.96. The SMILES string of the molecule is CC(C)(C)OC(=O)n1ncc2ccc(Nc3ccc(N4CCC(C(F)(F)F)CC4)cc3)cc21. The first-order valence-electron chi connectivity index (χ1n) is 10.9. The van der Waals surface area contributed by atoms with Gasteiger partial charge in [-0.3, -0.25) is 0 Å². The molecule has 0 radical (unpaired) electrons. The maximum atomic E-state index is 12.9. The van der Waals surface area contributed by atoms with Crippen LogP contribution in [0, 0.1) is 5.92 Å². The van der Waals surface area contributed by atoms with Crippen LogP contribution in [-0.2, 0) is 4.74 Å². The van der Waals surface area contributed by atoms with E-state index in [9.17, 15) is 18.0 Å². The molecule has 3 aromatic rings. The summed E-state index contributed by atoms with van der Waals surface area (Å²) in [6, 6.07) is 13.2. The third kappa shape index (κ3) is 5.40. The first-order valence-corrected chi connectivity index (χ1v) is 10.9. The summed E-state index contributed by atoms with van der Waals surface area (Å²) in [5.41, 5.74) is 2.49. The van der Waals surface area contributed by atoms with Crippen LogP contribution in [0.15, 0.2) is 48.7 Å². The molecule has 0 aliphatic carbocycles. The zero-order valence-corrected chi connectivity index (χ0v) is 18.8. The molecule has 4 rings (SSSR count). The summed E-state index contributed by atoms with van der Waals surface area (Å²) in [5, 5.41) is 8.26. The largest absolute Gasteiger partial charge is 0.442 e. The average molecular weight is 461 g/mol. The van der Waals surface area contributed by atoms with Crippen molar-refractivity contribution in [3.8, 4) is 0 Å². The van der Waals surface area contributed by atoms with Crippen LogP contribution in [-0.4, -0.2) is 40.7 Å². The number of anilines is 3. The van der Waals surface area contributed by atoms with Gasteiger partial charge in [-0.25, -0.2) is 4.79 Å². The lowest BCUT2D eigenvalue weighted by Gasteiger charge is -2.34. The number of fused-ring (bicyclic) bond motifs is 1. The highest BCUT2D eigenvalue weighted by atomic mass is 19.4. The van der Waals surface area contributed by atoms with Crippen molar-refractivity contribution < 1.29 is 22.7 Å². The molecule has 0 atom stereocenters. The number of nitrogens with one attached hydrogen (secondary N) is 1. The fraction of sp³-hybridized carbons (Fsp3) is 0.417. The maximum Gasteiger partial charge on any atom is 0.435 e. The molecule has 6 nitrogen and oxygen atoms in total. The molecule has 0 bridgehead atoms. The average Bonchev–Trinajstić information content (AvgIpc) is 3.16. The Balaban J connectivity index is 1.44. The number of benzene rings is 2. The Morgan fingerprint density at radius 2 is 1.67 bits per heavy atom. The van der Waals surface area contributed by atoms with Gasteiger partial charge in [0.2, 0.25) is 0 Å². The van der Waals surface area contributed by atoms with Gasteiger partial charge >= 0.3 is 12.3 Å². The van der Waals surface area contributed by atoms with Gasteiger partial charge in [0.15, 0.2) is 0 Å². The van der Waals surface area contributed by atoms with E-state index in [1.807, 2.05) is 47.4 Å². The van der Waals surface area contributed by atoms with E-state index in [0.717, 1.165) is 22.4 Å². The fourth-order valence-corrected chi connectivity index (χ4v) is 3.93. The molecule has 0 saturated carbocycles. The van der Waals surface area contributed by atoms with Gasteiger partial charge in [0, 0.05) is 35.5 Å². The summed E-state index contributed by atoms with van der Waals surface area (Å²) in [6.45, 7) is 6.17. The summed E-state index contributed by atoms with van der Waals surface area (Å²) in [4.78, 5) is 14.4. The molecule has 0 amide bonds. The Morgan fingerprint density at radius 3 is 2.27 bits per heavy atom. The van der Waals surface area contributed by atoms with Crippen LogP contribution >= 0.6 is 0 Å². The third-order valence-electron chi connectivity index (χ3n) is 5.62. The van der Waals surface area contributed by atoms with E-state index in [1.165, 1.54) is 4.68 Å². The highest BCUT2D eigenvalue weighted by Gasteiger charge is 2.41. The molecular formula is C24H27F3N4O2. The first-order chi connectivity index (χ1) is 15.5. The van der Waals surface area contributed by atoms with Crippen LogP contribution in [0.25, 0.3) is 10.9 Å². The topological polar surface area (TPSA) is 59.4 Å². The van der Waals surface area contributed by atoms with Crippen LogP contribution < -0.4 is 10.2 Å². The Hall–Kier alpha value is -3.23. The highest BCUT2D eigenvalue weighted by molar-refractivity contribution is 5.90. The molecule has 1 aliphatic heterocycles. The smallest absolute Gasteiger partial charge is 0.435 e. The van der Waals surface area contributed by atoms with E-state index in [4.69, 9.17) is 4.74 Å². The molecule has 1 fully saturated rings. The van der Waals surface area contributed by atoms with Crippen molar-refractivity contribution in [2.45, 2.75) is 45.4 Å². The third-order valence-corrected chi connectivity index (χ3v) is 5.62. The number of carbonyl (C=O) groups is 1. The minimum absolute atomic E-state index is 0.120. The van der Waals surface area contributed by atoms with Crippen molar-refractivity contribution in [2.24, 2.45) is 5.92 Å². The quantitative estimate of drug-likeness (QED) is 0.494. The second-order valence-electron chi connectivity index (χ2n) is 9.29. The second kappa shape index (κ2) is 8.61. The van der Waals surface area contributed by atoms with Crippen molar-refractivity contribution in [2.75, 3.05) is 23.3 Å². The molecule has 1 aromatic heterocycles. The zero-order valence-electron chi connectivity index (χ0n) is 18.8. The standard InChI is InChI=1S/C24H27F3N4O2/c1-23(2,3)33-22(32)31-21-14-19(5-4-16(21)15-28-31)29-18-6-8-20(9-7-18)30-12-10-17(11-13-30)24(25,26)27/h4-9,14-15,17,29H,10-13H2,1-3H3. The van der Waals surface area contributed by atoms with Gasteiger partial charge in [-0.15, -0.1) is 0 Å². The number of carbonyl (C=O) groups excluding carboxylic acids is 1. The van der Waals surface area contributed by atoms with E-state index in [-0.39, 0.29) is 12.8 Å². The minimum atomic E-state index is -4.11. The number of hydrogen-bond donors (Lipinski definition) is 1. The number of alkyl halides is 3. The summed E-state index contributed by atoms with van der Waals surface area (Å²) in [5.74, 6) is -1.21. The van der Waals surface area contributed by atoms with Gasteiger partial charge in [0.05, 0.1) is 17.6 Å². The van der Waals surface area contributed by atoms with Crippen LogP contribution in [0.4, 0.5) is 35.0 Å². The number of piperidine rings is 1. The molecule has 0 spiro atoms. The number of hydrogen-bond acceptors (Lipinski definition) is 5. The molecule has 2 heterocycles.